The Hall–Kier alpha value is -1.54. The number of hydrogen-bond acceptors (Lipinski definition) is 5. The molecule has 24 heavy (non-hydrogen) atoms. The molecule has 0 atom stereocenters. The van der Waals surface area contributed by atoms with Crippen LogP contribution >= 0.6 is 46.3 Å². The SMILES string of the molecule is O=C(CSc1n[nH]c(-c2cccs2)n1)NCc1ccc(Cl)cc1Cl. The maximum absolute atomic E-state index is 11.9. The number of thioether (sulfide) groups is 1. The number of nitrogens with zero attached hydrogens (tertiary/aromatic N) is 2. The lowest BCUT2D eigenvalue weighted by Gasteiger charge is -2.06. The van der Waals surface area contributed by atoms with E-state index in [2.05, 4.69) is 20.5 Å². The minimum atomic E-state index is -0.117. The van der Waals surface area contributed by atoms with Gasteiger partial charge in [-0.1, -0.05) is 47.1 Å². The number of aromatic nitrogens is 3. The van der Waals surface area contributed by atoms with E-state index in [0.29, 0.717) is 27.6 Å². The van der Waals surface area contributed by atoms with Crippen LogP contribution in [-0.2, 0) is 11.3 Å². The van der Waals surface area contributed by atoms with Crippen LogP contribution in [0.5, 0.6) is 0 Å². The Morgan fingerprint density at radius 2 is 2.21 bits per heavy atom. The molecular formula is C15H12Cl2N4OS2. The first-order chi connectivity index (χ1) is 11.6. The van der Waals surface area contributed by atoms with Gasteiger partial charge in [0.05, 0.1) is 10.6 Å². The maximum atomic E-state index is 11.9. The number of carbonyl (C=O) groups excluding carboxylic acids is 1. The van der Waals surface area contributed by atoms with Gasteiger partial charge in [-0.15, -0.1) is 16.4 Å². The number of rotatable bonds is 6. The molecule has 0 bridgehead atoms. The number of aromatic amines is 1. The predicted octanol–water partition coefficient (Wildman–Crippen LogP) is 4.25. The number of carbonyl (C=O) groups is 1. The first kappa shape index (κ1) is 17.3. The van der Waals surface area contributed by atoms with Gasteiger partial charge in [-0.2, -0.15) is 0 Å². The lowest BCUT2D eigenvalue weighted by Crippen LogP contribution is -2.24. The highest BCUT2D eigenvalue weighted by atomic mass is 35.5. The van der Waals surface area contributed by atoms with Gasteiger partial charge in [0.2, 0.25) is 11.1 Å². The third kappa shape index (κ3) is 4.51. The van der Waals surface area contributed by atoms with Gasteiger partial charge in [0.15, 0.2) is 5.82 Å². The molecule has 0 radical (unpaired) electrons. The van der Waals surface area contributed by atoms with Crippen molar-refractivity contribution in [3.05, 3.63) is 51.3 Å². The van der Waals surface area contributed by atoms with E-state index in [1.54, 1.807) is 29.5 Å². The summed E-state index contributed by atoms with van der Waals surface area (Å²) in [4.78, 5) is 17.3. The topological polar surface area (TPSA) is 70.7 Å². The molecule has 0 unspecified atom stereocenters. The van der Waals surface area contributed by atoms with E-state index >= 15 is 0 Å². The van der Waals surface area contributed by atoms with Crippen molar-refractivity contribution in [3.8, 4) is 10.7 Å². The van der Waals surface area contributed by atoms with Gasteiger partial charge in [-0.25, -0.2) is 4.98 Å². The molecule has 0 aliphatic rings. The van der Waals surface area contributed by atoms with E-state index in [4.69, 9.17) is 23.2 Å². The second-order valence-corrected chi connectivity index (χ2v) is 7.48. The Morgan fingerprint density at radius 3 is 2.96 bits per heavy atom. The Morgan fingerprint density at radius 1 is 1.33 bits per heavy atom. The van der Waals surface area contributed by atoms with Crippen molar-refractivity contribution < 1.29 is 4.79 Å². The molecule has 0 fully saturated rings. The average Bonchev–Trinajstić information content (AvgIpc) is 3.23. The summed E-state index contributed by atoms with van der Waals surface area (Å²) in [7, 11) is 0. The Kier molecular flexibility index (Phi) is 5.78. The minimum absolute atomic E-state index is 0.117. The zero-order valence-corrected chi connectivity index (χ0v) is 15.4. The summed E-state index contributed by atoms with van der Waals surface area (Å²) in [6, 6.07) is 9.09. The fourth-order valence-electron chi connectivity index (χ4n) is 1.87. The number of amides is 1. The Bertz CT molecular complexity index is 836. The molecule has 2 N–H and O–H groups in total. The van der Waals surface area contributed by atoms with E-state index in [9.17, 15) is 4.79 Å². The van der Waals surface area contributed by atoms with Gasteiger partial charge in [0.25, 0.3) is 0 Å². The molecule has 1 amide bonds. The van der Waals surface area contributed by atoms with Crippen molar-refractivity contribution in [1.82, 2.24) is 20.5 Å². The molecule has 2 aromatic heterocycles. The molecule has 9 heteroatoms. The number of thiophene rings is 1. The summed E-state index contributed by atoms with van der Waals surface area (Å²) < 4.78 is 0. The molecule has 2 heterocycles. The zero-order chi connectivity index (χ0) is 16.9. The van der Waals surface area contributed by atoms with Gasteiger partial charge in [-0.3, -0.25) is 9.89 Å². The molecule has 0 aliphatic carbocycles. The van der Waals surface area contributed by atoms with Crippen molar-refractivity contribution in [3.63, 3.8) is 0 Å². The van der Waals surface area contributed by atoms with Gasteiger partial charge >= 0.3 is 0 Å². The molecule has 0 aliphatic heterocycles. The Labute approximate surface area is 156 Å². The molecule has 3 aromatic rings. The van der Waals surface area contributed by atoms with Crippen LogP contribution in [0.25, 0.3) is 10.7 Å². The van der Waals surface area contributed by atoms with Crippen LogP contribution in [0.2, 0.25) is 10.0 Å². The van der Waals surface area contributed by atoms with Crippen LogP contribution in [0.3, 0.4) is 0 Å². The van der Waals surface area contributed by atoms with Gasteiger partial charge < -0.3 is 5.32 Å². The van der Waals surface area contributed by atoms with Crippen molar-refractivity contribution in [2.24, 2.45) is 0 Å². The predicted molar refractivity (Wildman–Crippen MR) is 98.7 cm³/mol. The molecule has 0 saturated carbocycles. The molecular weight excluding hydrogens is 387 g/mol. The summed E-state index contributed by atoms with van der Waals surface area (Å²) in [5.74, 6) is 0.821. The fourth-order valence-corrected chi connectivity index (χ4v) is 3.64. The standard InChI is InChI=1S/C15H12Cl2N4OS2/c16-10-4-3-9(11(17)6-10)7-18-13(22)8-24-15-19-14(20-21-15)12-2-1-5-23-12/h1-6H,7-8H2,(H,18,22)(H,19,20,21). The van der Waals surface area contributed by atoms with Crippen molar-refractivity contribution in [1.29, 1.82) is 0 Å². The smallest absolute Gasteiger partial charge is 0.230 e. The van der Waals surface area contributed by atoms with E-state index < -0.39 is 0 Å². The van der Waals surface area contributed by atoms with E-state index in [1.807, 2.05) is 17.5 Å². The average molecular weight is 399 g/mol. The summed E-state index contributed by atoms with van der Waals surface area (Å²) in [5, 5.41) is 13.4. The normalized spacial score (nSPS) is 10.8. The van der Waals surface area contributed by atoms with E-state index in [0.717, 1.165) is 10.4 Å². The number of H-pyrrole nitrogens is 1. The van der Waals surface area contributed by atoms with Crippen LogP contribution in [0.4, 0.5) is 0 Å². The first-order valence-corrected chi connectivity index (χ1v) is 9.53. The fraction of sp³-hybridized carbons (Fsp3) is 0.133. The molecule has 0 saturated heterocycles. The van der Waals surface area contributed by atoms with Crippen molar-refractivity contribution in [2.75, 3.05) is 5.75 Å². The largest absolute Gasteiger partial charge is 0.351 e. The molecule has 124 valence electrons. The maximum Gasteiger partial charge on any atom is 0.230 e. The zero-order valence-electron chi connectivity index (χ0n) is 12.3. The van der Waals surface area contributed by atoms with Gasteiger partial charge in [0, 0.05) is 16.6 Å². The number of hydrogen-bond donors (Lipinski definition) is 2. The van der Waals surface area contributed by atoms with Crippen molar-refractivity contribution >= 4 is 52.2 Å². The highest BCUT2D eigenvalue weighted by Gasteiger charge is 2.10. The van der Waals surface area contributed by atoms with E-state index in [-0.39, 0.29) is 11.7 Å². The van der Waals surface area contributed by atoms with Crippen LogP contribution < -0.4 is 5.32 Å². The quantitative estimate of drug-likeness (QED) is 0.608. The second kappa shape index (κ2) is 8.02. The van der Waals surface area contributed by atoms with Crippen molar-refractivity contribution in [2.45, 2.75) is 11.7 Å². The lowest BCUT2D eigenvalue weighted by molar-refractivity contribution is -0.118. The number of benzene rings is 1. The lowest BCUT2D eigenvalue weighted by atomic mass is 10.2. The van der Waals surface area contributed by atoms with Gasteiger partial charge in [0.1, 0.15) is 0 Å². The van der Waals surface area contributed by atoms with Crippen LogP contribution in [0, 0.1) is 0 Å². The summed E-state index contributed by atoms with van der Waals surface area (Å²) in [6.07, 6.45) is 0. The summed E-state index contributed by atoms with van der Waals surface area (Å²) >= 11 is 14.8. The van der Waals surface area contributed by atoms with Crippen LogP contribution in [0.1, 0.15) is 5.56 Å². The minimum Gasteiger partial charge on any atom is -0.351 e. The summed E-state index contributed by atoms with van der Waals surface area (Å²) in [6.45, 7) is 0.351. The summed E-state index contributed by atoms with van der Waals surface area (Å²) in [5.41, 5.74) is 0.817. The van der Waals surface area contributed by atoms with Gasteiger partial charge in [-0.05, 0) is 29.1 Å². The Balaban J connectivity index is 1.49. The highest BCUT2D eigenvalue weighted by molar-refractivity contribution is 7.99. The van der Waals surface area contributed by atoms with Crippen LogP contribution in [-0.4, -0.2) is 26.8 Å². The van der Waals surface area contributed by atoms with Crippen LogP contribution in [0.15, 0.2) is 40.9 Å². The third-order valence-electron chi connectivity index (χ3n) is 3.04. The monoisotopic (exact) mass is 398 g/mol. The van der Waals surface area contributed by atoms with E-state index in [1.165, 1.54) is 11.8 Å². The first-order valence-electron chi connectivity index (χ1n) is 6.91. The third-order valence-corrected chi connectivity index (χ3v) is 5.35. The second-order valence-electron chi connectivity index (χ2n) is 4.75. The molecule has 0 spiro atoms. The molecule has 1 aromatic carbocycles. The highest BCUT2D eigenvalue weighted by Crippen LogP contribution is 2.23. The number of halogens is 2. The molecule has 3 rings (SSSR count). The molecule has 5 nitrogen and oxygen atoms in total. The number of nitrogens with one attached hydrogen (secondary N) is 2.